The number of hydrogen-bond donors (Lipinski definition) is 1. The second kappa shape index (κ2) is 18.4. The Bertz CT molecular complexity index is 2790. The number of ether oxygens (including phenoxy) is 4. The van der Waals surface area contributed by atoms with Crippen molar-refractivity contribution in [2.75, 3.05) is 55.3 Å². The lowest BCUT2D eigenvalue weighted by atomic mass is 9.93. The first-order valence-corrected chi connectivity index (χ1v) is 23.1. The highest BCUT2D eigenvalue weighted by Crippen LogP contribution is 2.46. The van der Waals surface area contributed by atoms with E-state index >= 15 is 0 Å². The van der Waals surface area contributed by atoms with Gasteiger partial charge in [-0.05, 0) is 57.8 Å². The Balaban J connectivity index is 1.06. The van der Waals surface area contributed by atoms with Crippen LogP contribution in [0.25, 0.3) is 16.3 Å². The van der Waals surface area contributed by atoms with Crippen LogP contribution in [0.2, 0.25) is 0 Å². The van der Waals surface area contributed by atoms with E-state index in [1.165, 1.54) is 25.2 Å². The number of sulfone groups is 1. The number of hydrogen-bond acceptors (Lipinski definition) is 10. The summed E-state index contributed by atoms with van der Waals surface area (Å²) in [6.45, 7) is 5.80. The lowest BCUT2D eigenvalue weighted by Crippen LogP contribution is -2.55. The van der Waals surface area contributed by atoms with Crippen molar-refractivity contribution in [2.24, 2.45) is 0 Å². The van der Waals surface area contributed by atoms with Gasteiger partial charge in [-0.2, -0.15) is 0 Å². The maximum Gasteiger partial charge on any atom is 0.416 e. The van der Waals surface area contributed by atoms with E-state index in [4.69, 9.17) is 30.5 Å². The van der Waals surface area contributed by atoms with Gasteiger partial charge in [-0.15, -0.1) is 11.6 Å². The molecule has 64 heavy (non-hydrogen) atoms. The van der Waals surface area contributed by atoms with E-state index < -0.39 is 28.2 Å². The fraction of sp³-hybridized carbons (Fsp3) is 0.286. The highest BCUT2D eigenvalue weighted by molar-refractivity contribution is 7.91. The van der Waals surface area contributed by atoms with Crippen LogP contribution in [0.3, 0.4) is 0 Å². The van der Waals surface area contributed by atoms with Gasteiger partial charge in [-0.25, -0.2) is 18.1 Å². The van der Waals surface area contributed by atoms with Gasteiger partial charge in [-0.1, -0.05) is 86.3 Å². The zero-order valence-electron chi connectivity index (χ0n) is 35.7. The maximum atomic E-state index is 14.5. The van der Waals surface area contributed by atoms with Crippen LogP contribution in [-0.4, -0.2) is 94.2 Å². The summed E-state index contributed by atoms with van der Waals surface area (Å²) in [5.41, 5.74) is 5.08. The number of halogens is 1. The molecule has 0 aliphatic carbocycles. The molecule has 1 unspecified atom stereocenters. The van der Waals surface area contributed by atoms with Gasteiger partial charge in [0.05, 0.1) is 47.2 Å². The third-order valence-corrected chi connectivity index (χ3v) is 14.2. The molecule has 5 aromatic rings. The van der Waals surface area contributed by atoms with Gasteiger partial charge < -0.3 is 33.9 Å². The van der Waals surface area contributed by atoms with Crippen molar-refractivity contribution in [1.29, 1.82) is 0 Å². The molecule has 3 aliphatic heterocycles. The third-order valence-electron chi connectivity index (χ3n) is 12.1. The molecule has 0 bridgehead atoms. The second-order valence-electron chi connectivity index (χ2n) is 15.8. The van der Waals surface area contributed by atoms with Crippen LogP contribution >= 0.6 is 11.6 Å². The zero-order valence-corrected chi connectivity index (χ0v) is 37.2. The average molecular weight is 906 g/mol. The number of fused-ring (bicyclic) bond motifs is 5. The van der Waals surface area contributed by atoms with Crippen LogP contribution in [0.4, 0.5) is 16.2 Å². The minimum Gasteiger partial charge on any atom is -0.507 e. The third kappa shape index (κ3) is 8.28. The van der Waals surface area contributed by atoms with Crippen LogP contribution in [0.15, 0.2) is 115 Å². The smallest absolute Gasteiger partial charge is 0.416 e. The number of carbonyl (C=O) groups excluding carboxylic acids is 3. The number of alkyl halides is 1. The summed E-state index contributed by atoms with van der Waals surface area (Å²) < 4.78 is 48.8. The Kier molecular flexibility index (Phi) is 12.7. The number of phenolic OH excluding ortho intramolecular Hbond substituents is 1. The molecule has 5 aromatic carbocycles. The Morgan fingerprint density at radius 3 is 2.39 bits per heavy atom. The molecule has 3 aliphatic rings. The fourth-order valence-electron chi connectivity index (χ4n) is 8.90. The fourth-order valence-corrected chi connectivity index (χ4v) is 10.0. The molecule has 13 nitrogen and oxygen atoms in total. The quantitative estimate of drug-likeness (QED) is 0.0904. The van der Waals surface area contributed by atoms with Crippen molar-refractivity contribution in [1.82, 2.24) is 4.90 Å². The lowest BCUT2D eigenvalue weighted by Gasteiger charge is -2.40. The van der Waals surface area contributed by atoms with Gasteiger partial charge in [0.25, 0.3) is 5.91 Å². The van der Waals surface area contributed by atoms with Gasteiger partial charge in [-0.3, -0.25) is 9.59 Å². The summed E-state index contributed by atoms with van der Waals surface area (Å²) in [6, 6.07) is 25.7. The van der Waals surface area contributed by atoms with E-state index in [0.717, 1.165) is 33.2 Å². The molecule has 3 atom stereocenters. The molecule has 15 heteroatoms. The Morgan fingerprint density at radius 2 is 1.69 bits per heavy atom. The van der Waals surface area contributed by atoms with Crippen LogP contribution in [0.1, 0.15) is 51.9 Å². The van der Waals surface area contributed by atoms with Gasteiger partial charge in [0.2, 0.25) is 5.91 Å². The van der Waals surface area contributed by atoms with E-state index in [2.05, 4.69) is 6.58 Å². The molecule has 332 valence electrons. The molecule has 0 radical (unpaired) electrons. The highest BCUT2D eigenvalue weighted by atomic mass is 35.5. The number of methoxy groups -OCH3 is 2. The molecule has 1 N–H and O–H groups in total. The van der Waals surface area contributed by atoms with E-state index in [0.29, 0.717) is 23.5 Å². The first-order chi connectivity index (χ1) is 30.9. The number of carbonyl (C=O) groups is 3. The molecule has 0 saturated carbocycles. The van der Waals surface area contributed by atoms with Crippen molar-refractivity contribution in [3.05, 3.63) is 138 Å². The highest BCUT2D eigenvalue weighted by Gasteiger charge is 2.46. The number of benzene rings is 5. The zero-order chi connectivity index (χ0) is 45.3. The molecule has 0 spiro atoms. The molecular formula is C49H48ClN3O10S. The van der Waals surface area contributed by atoms with Crippen LogP contribution in [0.5, 0.6) is 17.2 Å². The van der Waals surface area contributed by atoms with E-state index in [-0.39, 0.29) is 89.5 Å². The minimum atomic E-state index is -3.40. The molecular weight excluding hydrogens is 858 g/mol. The maximum absolute atomic E-state index is 14.5. The van der Waals surface area contributed by atoms with Gasteiger partial charge in [0.15, 0.2) is 27.6 Å². The Hall–Kier alpha value is -6.35. The molecule has 8 rings (SSSR count). The average Bonchev–Trinajstić information content (AvgIpc) is 3.66. The molecule has 3 amide bonds. The van der Waals surface area contributed by atoms with E-state index in [1.807, 2.05) is 54.6 Å². The van der Waals surface area contributed by atoms with Crippen molar-refractivity contribution >= 4 is 67.1 Å². The number of nitrogens with zero attached hydrogens (tertiary/aromatic N) is 3. The largest absolute Gasteiger partial charge is 0.507 e. The predicted molar refractivity (Wildman–Crippen MR) is 245 cm³/mol. The summed E-state index contributed by atoms with van der Waals surface area (Å²) in [4.78, 5) is 47.4. The van der Waals surface area contributed by atoms with Crippen molar-refractivity contribution < 1.29 is 46.9 Å². The van der Waals surface area contributed by atoms with Gasteiger partial charge in [0.1, 0.15) is 19.0 Å². The van der Waals surface area contributed by atoms with Gasteiger partial charge in [0, 0.05) is 49.5 Å². The number of phenols is 1. The van der Waals surface area contributed by atoms with Crippen LogP contribution in [0, 0.1) is 0 Å². The number of amides is 3. The summed E-state index contributed by atoms with van der Waals surface area (Å²) in [5, 5.41) is 12.5. The van der Waals surface area contributed by atoms with E-state index in [9.17, 15) is 27.9 Å². The standard InChI is InChI=1S/C49H48ClN3O10S/c1-5-20-62-49(57)53-39-26-44(43(60-3)24-38(39)47(56)51-19-18-33(23-41(51)48(53)61-4)32-14-16-35(17-15-32)64(58,59)6-2)63-29-31-11-9-10-30(21-31)22-45(55)52-28-34(27-50)46-37-13-8-7-12-36(37)42(54)25-40(46)52/h5,7-18,21,24-26,34,41,48,54H,1,6,19-20,22-23,27-29H2,2-4H3/t34-,41+,48?/m1/s1. The second-order valence-corrected chi connectivity index (χ2v) is 18.4. The molecule has 3 heterocycles. The van der Waals surface area contributed by atoms with E-state index in [1.54, 1.807) is 59.2 Å². The van der Waals surface area contributed by atoms with Crippen LogP contribution in [-0.2, 0) is 37.1 Å². The van der Waals surface area contributed by atoms with Gasteiger partial charge >= 0.3 is 6.09 Å². The van der Waals surface area contributed by atoms with Crippen LogP contribution < -0.4 is 19.3 Å². The molecule has 0 fully saturated rings. The number of anilines is 2. The summed E-state index contributed by atoms with van der Waals surface area (Å²) in [5.74, 6) is 0.274. The Labute approximate surface area is 376 Å². The Morgan fingerprint density at radius 1 is 0.938 bits per heavy atom. The lowest BCUT2D eigenvalue weighted by molar-refractivity contribution is -0.117. The first kappa shape index (κ1) is 44.3. The topological polar surface area (TPSA) is 152 Å². The summed E-state index contributed by atoms with van der Waals surface area (Å²) in [6.07, 6.45) is 1.92. The molecule has 0 saturated heterocycles. The summed E-state index contributed by atoms with van der Waals surface area (Å²) >= 11 is 6.43. The SMILES string of the molecule is C=CCOC(=O)N1c2cc(OCc3cccc(CC(=O)N4C[C@@H](CCl)c5c4cc(O)c4ccccc54)c3)c(OC)cc2C(=O)N2CC=C(c3ccc(S(=O)(=O)CC)cc3)C[C@H]2C1OC. The van der Waals surface area contributed by atoms with Crippen molar-refractivity contribution in [2.45, 2.75) is 49.5 Å². The normalized spacial score (nSPS) is 18.1. The number of rotatable bonds is 13. The number of aromatic hydroxyl groups is 1. The van der Waals surface area contributed by atoms with Crippen molar-refractivity contribution in [3.8, 4) is 17.2 Å². The summed E-state index contributed by atoms with van der Waals surface area (Å²) in [7, 11) is -0.488. The van der Waals surface area contributed by atoms with Crippen molar-refractivity contribution in [3.63, 3.8) is 0 Å². The predicted octanol–water partition coefficient (Wildman–Crippen LogP) is 8.25. The monoisotopic (exact) mass is 905 g/mol. The molecule has 0 aromatic heterocycles. The first-order valence-electron chi connectivity index (χ1n) is 20.9. The minimum absolute atomic E-state index is 0.0213.